The molecule has 0 N–H and O–H groups in total. The predicted molar refractivity (Wildman–Crippen MR) is 126 cm³/mol. The fourth-order valence-corrected chi connectivity index (χ4v) is 9.22. The zero-order valence-corrected chi connectivity index (χ0v) is 20.3. The topological polar surface area (TPSA) is 17.1 Å². The van der Waals surface area contributed by atoms with Crippen molar-refractivity contribution in [2.24, 2.45) is 46.3 Å². The lowest BCUT2D eigenvalue weighted by Crippen LogP contribution is -2.69. The fourth-order valence-electron chi connectivity index (χ4n) is 9.22. The Hall–Kier alpha value is -0.400. The molecule has 0 aromatic heterocycles. The van der Waals surface area contributed by atoms with Crippen LogP contribution >= 0.6 is 0 Å². The van der Waals surface area contributed by atoms with Gasteiger partial charge in [-0.2, -0.15) is 0 Å². The van der Waals surface area contributed by atoms with Crippen molar-refractivity contribution in [1.82, 2.24) is 0 Å². The third-order valence-corrected chi connectivity index (χ3v) is 11.6. The Morgan fingerprint density at radius 2 is 1.06 bits per heavy atom. The SMILES string of the molecule is CCC1CCC(C2CC[C@]3(CC2)C(=O)[C@@]2(CCC(C4CCC(C)CC4)CC2)[C@@H]3F)CC1. The first kappa shape index (κ1) is 22.4. The Morgan fingerprint density at radius 1 is 0.677 bits per heavy atom. The highest BCUT2D eigenvalue weighted by Gasteiger charge is 2.71. The highest BCUT2D eigenvalue weighted by atomic mass is 19.1. The van der Waals surface area contributed by atoms with Gasteiger partial charge in [0.25, 0.3) is 0 Å². The number of ketones is 1. The van der Waals surface area contributed by atoms with Gasteiger partial charge in [0.05, 0.1) is 10.8 Å². The molecule has 5 aliphatic carbocycles. The van der Waals surface area contributed by atoms with Crippen LogP contribution < -0.4 is 0 Å². The van der Waals surface area contributed by atoms with E-state index in [1.807, 2.05) is 0 Å². The lowest BCUT2D eigenvalue weighted by atomic mass is 9.41. The summed E-state index contributed by atoms with van der Waals surface area (Å²) in [6.45, 7) is 4.72. The molecule has 5 saturated carbocycles. The molecule has 0 amide bonds. The molecule has 0 aromatic carbocycles. The number of hydrogen-bond donors (Lipinski definition) is 0. The van der Waals surface area contributed by atoms with Gasteiger partial charge in [-0.1, -0.05) is 46.0 Å². The van der Waals surface area contributed by atoms with Gasteiger partial charge in [0, 0.05) is 0 Å². The number of hydrogen-bond acceptors (Lipinski definition) is 1. The van der Waals surface area contributed by atoms with Crippen LogP contribution in [0.15, 0.2) is 0 Å². The monoisotopic (exact) mass is 430 g/mol. The second-order valence-corrected chi connectivity index (χ2v) is 12.9. The summed E-state index contributed by atoms with van der Waals surface area (Å²) in [5, 5.41) is 0. The van der Waals surface area contributed by atoms with E-state index in [1.165, 1.54) is 57.8 Å². The van der Waals surface area contributed by atoms with Gasteiger partial charge in [-0.15, -0.1) is 0 Å². The Kier molecular flexibility index (Phi) is 6.32. The average Bonchev–Trinajstić information content (AvgIpc) is 2.84. The first-order chi connectivity index (χ1) is 15.0. The van der Waals surface area contributed by atoms with Crippen LogP contribution in [0, 0.1) is 46.3 Å². The number of rotatable bonds is 3. The van der Waals surface area contributed by atoms with Gasteiger partial charge < -0.3 is 0 Å². The average molecular weight is 431 g/mol. The van der Waals surface area contributed by atoms with Gasteiger partial charge >= 0.3 is 0 Å². The first-order valence-electron chi connectivity index (χ1n) is 14.2. The lowest BCUT2D eigenvalue weighted by molar-refractivity contribution is -0.194. The molecule has 5 fully saturated rings. The molecule has 1 atom stereocenters. The Bertz CT molecular complexity index is 623. The van der Waals surface area contributed by atoms with Crippen LogP contribution in [0.5, 0.6) is 0 Å². The van der Waals surface area contributed by atoms with Crippen molar-refractivity contribution in [3.63, 3.8) is 0 Å². The zero-order chi connectivity index (χ0) is 21.6. The van der Waals surface area contributed by atoms with Crippen LogP contribution in [-0.4, -0.2) is 12.0 Å². The second kappa shape index (κ2) is 8.75. The second-order valence-electron chi connectivity index (χ2n) is 12.9. The molecule has 0 radical (unpaired) electrons. The summed E-state index contributed by atoms with van der Waals surface area (Å²) in [6, 6.07) is 0. The van der Waals surface area contributed by atoms with Crippen molar-refractivity contribution in [3.8, 4) is 0 Å². The Balaban J connectivity index is 1.14. The van der Waals surface area contributed by atoms with Crippen LogP contribution in [0.1, 0.15) is 123 Å². The Labute approximate surface area is 190 Å². The van der Waals surface area contributed by atoms with E-state index in [4.69, 9.17) is 0 Å². The molecule has 176 valence electrons. The molecule has 31 heavy (non-hydrogen) atoms. The maximum Gasteiger partial charge on any atom is 0.151 e. The van der Waals surface area contributed by atoms with Crippen LogP contribution in [0.25, 0.3) is 0 Å². The maximum atomic E-state index is 15.9. The normalized spacial score (nSPS) is 51.1. The van der Waals surface area contributed by atoms with Crippen LogP contribution in [0.2, 0.25) is 0 Å². The molecule has 5 rings (SSSR count). The molecule has 0 heterocycles. The van der Waals surface area contributed by atoms with E-state index < -0.39 is 17.0 Å². The van der Waals surface area contributed by atoms with Gasteiger partial charge in [0.15, 0.2) is 5.78 Å². The summed E-state index contributed by atoms with van der Waals surface area (Å²) < 4.78 is 15.9. The fraction of sp³-hybridized carbons (Fsp3) is 0.966. The molecule has 2 spiro atoms. The van der Waals surface area contributed by atoms with Crippen molar-refractivity contribution >= 4 is 5.78 Å². The minimum Gasteiger partial charge on any atom is -0.298 e. The molecule has 0 unspecified atom stereocenters. The number of carbonyl (C=O) groups excluding carboxylic acids is 1. The van der Waals surface area contributed by atoms with Gasteiger partial charge in [0.1, 0.15) is 6.17 Å². The third-order valence-electron chi connectivity index (χ3n) is 11.6. The van der Waals surface area contributed by atoms with E-state index in [1.54, 1.807) is 0 Å². The summed E-state index contributed by atoms with van der Waals surface area (Å²) in [4.78, 5) is 13.6. The molecule has 0 saturated heterocycles. The minimum absolute atomic E-state index is 0.372. The summed E-state index contributed by atoms with van der Waals surface area (Å²) in [6.07, 6.45) is 19.5. The standard InChI is InChI=1S/C29H47FO/c1-3-21-6-10-23(11-7-21)25-14-18-29(19-15-25)26(30)28(27(29)31)16-12-24(13-17-28)22-8-4-20(2)5-9-22/h20-26H,3-19H2,1-2H3/t20?,21?,22?,23?,24?,25?,26-,28-,29-/m0/s1. The molecule has 1 nitrogen and oxygen atoms in total. The summed E-state index contributed by atoms with van der Waals surface area (Å²) in [5.41, 5.74) is -1.13. The molecule has 0 bridgehead atoms. The lowest BCUT2D eigenvalue weighted by Gasteiger charge is -2.62. The number of Topliss-reactive ketones (excluding diaryl/α,β-unsaturated/α-hetero) is 1. The smallest absolute Gasteiger partial charge is 0.151 e. The summed E-state index contributed by atoms with van der Waals surface area (Å²) in [7, 11) is 0. The first-order valence-corrected chi connectivity index (χ1v) is 14.2. The van der Waals surface area contributed by atoms with E-state index in [0.717, 1.165) is 86.9 Å². The van der Waals surface area contributed by atoms with Crippen molar-refractivity contribution < 1.29 is 9.18 Å². The highest BCUT2D eigenvalue weighted by molar-refractivity contribution is 5.98. The quantitative estimate of drug-likeness (QED) is 0.440. The third kappa shape index (κ3) is 3.74. The van der Waals surface area contributed by atoms with Crippen molar-refractivity contribution in [2.45, 2.75) is 129 Å². The number of halogens is 1. The van der Waals surface area contributed by atoms with Gasteiger partial charge in [0.2, 0.25) is 0 Å². The number of carbonyl (C=O) groups is 1. The van der Waals surface area contributed by atoms with Crippen molar-refractivity contribution in [1.29, 1.82) is 0 Å². The van der Waals surface area contributed by atoms with Gasteiger partial charge in [-0.25, -0.2) is 4.39 Å². The number of alkyl halides is 1. The van der Waals surface area contributed by atoms with E-state index in [2.05, 4.69) is 13.8 Å². The minimum atomic E-state index is -0.836. The largest absolute Gasteiger partial charge is 0.298 e. The van der Waals surface area contributed by atoms with E-state index in [-0.39, 0.29) is 0 Å². The van der Waals surface area contributed by atoms with E-state index in [9.17, 15) is 4.79 Å². The van der Waals surface area contributed by atoms with Crippen LogP contribution in [0.3, 0.4) is 0 Å². The Morgan fingerprint density at radius 3 is 1.45 bits per heavy atom. The van der Waals surface area contributed by atoms with Crippen LogP contribution in [-0.2, 0) is 4.79 Å². The van der Waals surface area contributed by atoms with E-state index in [0.29, 0.717) is 5.78 Å². The molecule has 0 aliphatic heterocycles. The van der Waals surface area contributed by atoms with Crippen LogP contribution in [0.4, 0.5) is 4.39 Å². The molecule has 2 heteroatoms. The summed E-state index contributed by atoms with van der Waals surface area (Å²) >= 11 is 0. The van der Waals surface area contributed by atoms with Gasteiger partial charge in [-0.3, -0.25) is 4.79 Å². The van der Waals surface area contributed by atoms with E-state index >= 15 is 4.39 Å². The predicted octanol–water partition coefficient (Wildman–Crippen LogP) is 8.30. The van der Waals surface area contributed by atoms with Crippen molar-refractivity contribution in [3.05, 3.63) is 0 Å². The van der Waals surface area contributed by atoms with Crippen molar-refractivity contribution in [2.75, 3.05) is 0 Å². The summed E-state index contributed by atoms with van der Waals surface area (Å²) in [5.74, 6) is 5.46. The van der Waals surface area contributed by atoms with Gasteiger partial charge in [-0.05, 0) is 113 Å². The molecular weight excluding hydrogens is 383 g/mol. The molecular formula is C29H47FO. The molecule has 0 aromatic rings. The molecule has 5 aliphatic rings. The maximum absolute atomic E-state index is 15.9. The zero-order valence-electron chi connectivity index (χ0n) is 20.3. The highest BCUT2D eigenvalue weighted by Crippen LogP contribution is 2.66.